The zero-order chi connectivity index (χ0) is 13.7. The fourth-order valence-corrected chi connectivity index (χ4v) is 1.33. The maximum Gasteiger partial charge on any atom is 0.319 e. The molecule has 1 aromatic carbocycles. The van der Waals surface area contributed by atoms with Gasteiger partial charge in [0.15, 0.2) is 0 Å². The van der Waals surface area contributed by atoms with E-state index in [1.165, 1.54) is 18.2 Å². The van der Waals surface area contributed by atoms with Crippen LogP contribution in [0.3, 0.4) is 0 Å². The van der Waals surface area contributed by atoms with Crippen LogP contribution in [0.25, 0.3) is 0 Å². The van der Waals surface area contributed by atoms with Gasteiger partial charge in [0.1, 0.15) is 6.10 Å². The highest BCUT2D eigenvalue weighted by Gasteiger charge is 2.17. The Hall–Kier alpha value is -1.11. The minimum absolute atomic E-state index is 0.252. The van der Waals surface area contributed by atoms with Gasteiger partial charge in [0.05, 0.1) is 16.6 Å². The van der Waals surface area contributed by atoms with Crippen LogP contribution in [0, 0.1) is 0 Å². The molecule has 0 aliphatic rings. The first-order valence-electron chi connectivity index (χ1n) is 4.86. The van der Waals surface area contributed by atoms with Crippen LogP contribution in [0.5, 0.6) is 0 Å². The van der Waals surface area contributed by atoms with Crippen molar-refractivity contribution in [2.24, 2.45) is 0 Å². The quantitative estimate of drug-likeness (QED) is 0.800. The second kappa shape index (κ2) is 6.72. The molecule has 1 aromatic rings. The predicted octanol–water partition coefficient (Wildman–Crippen LogP) is 2.74. The van der Waals surface area contributed by atoms with E-state index >= 15 is 0 Å². The van der Waals surface area contributed by atoms with E-state index in [4.69, 9.17) is 28.3 Å². The summed E-state index contributed by atoms with van der Waals surface area (Å²) in [5, 5.41) is 13.8. The van der Waals surface area contributed by atoms with Crippen molar-refractivity contribution in [2.75, 3.05) is 11.9 Å². The first kappa shape index (κ1) is 14.9. The van der Waals surface area contributed by atoms with Gasteiger partial charge in [0.25, 0.3) is 6.43 Å². The molecule has 0 bridgehead atoms. The van der Waals surface area contributed by atoms with Crippen LogP contribution in [0.1, 0.15) is 0 Å². The van der Waals surface area contributed by atoms with E-state index in [1.807, 2.05) is 0 Å². The highest BCUT2D eigenvalue weighted by atomic mass is 35.5. The Labute approximate surface area is 112 Å². The molecule has 0 saturated carbocycles. The highest BCUT2D eigenvalue weighted by molar-refractivity contribution is 6.42. The Morgan fingerprint density at radius 1 is 1.33 bits per heavy atom. The molecule has 0 heterocycles. The molecule has 0 aliphatic heterocycles. The molecule has 18 heavy (non-hydrogen) atoms. The number of halogens is 4. The maximum absolute atomic E-state index is 11.9. The molecule has 100 valence electrons. The SMILES string of the molecule is O=C(NCC(O)C(F)F)Nc1ccc(Cl)c(Cl)c1. The van der Waals surface area contributed by atoms with E-state index in [2.05, 4.69) is 10.6 Å². The van der Waals surface area contributed by atoms with E-state index in [-0.39, 0.29) is 5.02 Å². The summed E-state index contributed by atoms with van der Waals surface area (Å²) in [6.07, 6.45) is -4.81. The van der Waals surface area contributed by atoms with Crippen molar-refractivity contribution in [3.05, 3.63) is 28.2 Å². The molecule has 2 amide bonds. The topological polar surface area (TPSA) is 61.4 Å². The summed E-state index contributed by atoms with van der Waals surface area (Å²) in [7, 11) is 0. The second-order valence-electron chi connectivity index (χ2n) is 3.37. The van der Waals surface area contributed by atoms with Gasteiger partial charge in [0, 0.05) is 5.69 Å². The van der Waals surface area contributed by atoms with Gasteiger partial charge in [-0.2, -0.15) is 0 Å². The number of anilines is 1. The first-order chi connectivity index (χ1) is 8.40. The van der Waals surface area contributed by atoms with Crippen LogP contribution in [0.4, 0.5) is 19.3 Å². The third-order valence-corrected chi connectivity index (χ3v) is 2.68. The van der Waals surface area contributed by atoms with Gasteiger partial charge in [-0.05, 0) is 18.2 Å². The molecule has 3 N–H and O–H groups in total. The van der Waals surface area contributed by atoms with Crippen LogP contribution >= 0.6 is 23.2 Å². The average molecular weight is 299 g/mol. The molecule has 0 fully saturated rings. The smallest absolute Gasteiger partial charge is 0.319 e. The van der Waals surface area contributed by atoms with Crippen LogP contribution in [-0.4, -0.2) is 30.2 Å². The van der Waals surface area contributed by atoms with Gasteiger partial charge in [-0.1, -0.05) is 23.2 Å². The summed E-state index contributed by atoms with van der Waals surface area (Å²) < 4.78 is 23.9. The third-order valence-electron chi connectivity index (χ3n) is 1.94. The largest absolute Gasteiger partial charge is 0.385 e. The Balaban J connectivity index is 2.47. The number of carbonyl (C=O) groups is 1. The van der Waals surface area contributed by atoms with Gasteiger partial charge < -0.3 is 15.7 Å². The summed E-state index contributed by atoms with van der Waals surface area (Å²) in [5.74, 6) is 0. The average Bonchev–Trinajstić information content (AvgIpc) is 2.30. The number of benzene rings is 1. The van der Waals surface area contributed by atoms with E-state index in [0.29, 0.717) is 10.7 Å². The predicted molar refractivity (Wildman–Crippen MR) is 65.5 cm³/mol. The Kier molecular flexibility index (Phi) is 5.58. The molecule has 0 aromatic heterocycles. The van der Waals surface area contributed by atoms with E-state index in [0.717, 1.165) is 0 Å². The molecule has 8 heteroatoms. The lowest BCUT2D eigenvalue weighted by Gasteiger charge is -2.11. The van der Waals surface area contributed by atoms with Crippen molar-refractivity contribution >= 4 is 34.9 Å². The number of hydrogen-bond acceptors (Lipinski definition) is 2. The van der Waals surface area contributed by atoms with Crippen LogP contribution < -0.4 is 10.6 Å². The van der Waals surface area contributed by atoms with Crippen molar-refractivity contribution < 1.29 is 18.7 Å². The number of aliphatic hydroxyl groups excluding tert-OH is 1. The number of alkyl halides is 2. The molecule has 1 unspecified atom stereocenters. The van der Waals surface area contributed by atoms with Crippen LogP contribution in [-0.2, 0) is 0 Å². The Morgan fingerprint density at radius 3 is 2.56 bits per heavy atom. The van der Waals surface area contributed by atoms with E-state index in [1.54, 1.807) is 0 Å². The van der Waals surface area contributed by atoms with Crippen molar-refractivity contribution in [1.29, 1.82) is 0 Å². The number of carbonyl (C=O) groups excluding carboxylic acids is 1. The first-order valence-corrected chi connectivity index (χ1v) is 5.62. The van der Waals surface area contributed by atoms with Gasteiger partial charge in [-0.25, -0.2) is 13.6 Å². The number of rotatable bonds is 4. The fourth-order valence-electron chi connectivity index (χ4n) is 1.04. The van der Waals surface area contributed by atoms with E-state index < -0.39 is 25.1 Å². The number of amides is 2. The summed E-state index contributed by atoms with van der Waals surface area (Å²) in [6.45, 7) is -0.551. The Morgan fingerprint density at radius 2 is 2.00 bits per heavy atom. The van der Waals surface area contributed by atoms with Gasteiger partial charge in [-0.15, -0.1) is 0 Å². The lowest BCUT2D eigenvalue weighted by Crippen LogP contribution is -2.38. The molecule has 0 aliphatic carbocycles. The maximum atomic E-state index is 11.9. The van der Waals surface area contributed by atoms with E-state index in [9.17, 15) is 13.6 Å². The van der Waals surface area contributed by atoms with Crippen molar-refractivity contribution in [3.63, 3.8) is 0 Å². The van der Waals surface area contributed by atoms with Crippen molar-refractivity contribution in [2.45, 2.75) is 12.5 Å². The van der Waals surface area contributed by atoms with Gasteiger partial charge in [0.2, 0.25) is 0 Å². The number of aliphatic hydroxyl groups is 1. The summed E-state index contributed by atoms with van der Waals surface area (Å²) in [4.78, 5) is 11.3. The zero-order valence-electron chi connectivity index (χ0n) is 8.96. The molecule has 0 saturated heterocycles. The van der Waals surface area contributed by atoms with Crippen molar-refractivity contribution in [1.82, 2.24) is 5.32 Å². The monoisotopic (exact) mass is 298 g/mol. The van der Waals surface area contributed by atoms with Crippen molar-refractivity contribution in [3.8, 4) is 0 Å². The highest BCUT2D eigenvalue weighted by Crippen LogP contribution is 2.24. The molecule has 1 atom stereocenters. The molecule has 0 radical (unpaired) electrons. The molecular formula is C10H10Cl2F2N2O2. The minimum Gasteiger partial charge on any atom is -0.385 e. The van der Waals surface area contributed by atoms with Gasteiger partial charge in [-0.3, -0.25) is 0 Å². The molecular weight excluding hydrogens is 289 g/mol. The van der Waals surface area contributed by atoms with Crippen LogP contribution in [0.2, 0.25) is 10.0 Å². The normalized spacial score (nSPS) is 12.3. The molecule has 1 rings (SSSR count). The number of nitrogens with one attached hydrogen (secondary N) is 2. The third kappa shape index (κ3) is 4.64. The minimum atomic E-state index is -2.91. The summed E-state index contributed by atoms with van der Waals surface area (Å²) >= 11 is 11.4. The van der Waals surface area contributed by atoms with Gasteiger partial charge >= 0.3 is 6.03 Å². The molecule has 0 spiro atoms. The standard InChI is InChI=1S/C10H10Cl2F2N2O2/c11-6-2-1-5(3-7(6)12)16-10(18)15-4-8(17)9(13)14/h1-3,8-9,17H,4H2,(H2,15,16,18). The van der Waals surface area contributed by atoms with Crippen LogP contribution in [0.15, 0.2) is 18.2 Å². The second-order valence-corrected chi connectivity index (χ2v) is 4.18. The lowest BCUT2D eigenvalue weighted by atomic mass is 10.3. The number of hydrogen-bond donors (Lipinski definition) is 3. The zero-order valence-corrected chi connectivity index (χ0v) is 10.5. The fraction of sp³-hybridized carbons (Fsp3) is 0.300. The lowest BCUT2D eigenvalue weighted by molar-refractivity contribution is -0.00155. The molecule has 4 nitrogen and oxygen atoms in total. The Bertz CT molecular complexity index is 432. The summed E-state index contributed by atoms with van der Waals surface area (Å²) in [5.41, 5.74) is 0.355. The summed E-state index contributed by atoms with van der Waals surface area (Å²) in [6, 6.07) is 3.66. The number of urea groups is 1.